The summed E-state index contributed by atoms with van der Waals surface area (Å²) in [4.78, 5) is 12.4. The van der Waals surface area contributed by atoms with Crippen LogP contribution in [0, 0.1) is 11.7 Å². The molecular weight excluding hydrogens is 379 g/mol. The summed E-state index contributed by atoms with van der Waals surface area (Å²) in [7, 11) is -1.01. The zero-order chi connectivity index (χ0) is 18.9. The van der Waals surface area contributed by atoms with Gasteiger partial charge in [-0.15, -0.1) is 0 Å². The van der Waals surface area contributed by atoms with E-state index in [1.165, 1.54) is 31.4 Å². The summed E-state index contributed by atoms with van der Waals surface area (Å²) in [5.74, 6) is 3.36. The number of aromatic nitrogens is 2. The summed E-state index contributed by atoms with van der Waals surface area (Å²) in [5, 5.41) is 3.61. The molecule has 4 fully saturated rings. The molecule has 146 valence electrons. The Hall–Kier alpha value is -2.22. The second-order valence-corrected chi connectivity index (χ2v) is 9.94. The third-order valence-electron chi connectivity index (χ3n) is 6.34. The standard InChI is InChI=1S/C20H21FN4O2S/c21-13-1-3-14(4-2-13)27-15-10-25(11-15)19-22-16-5-6-28(26)17(16)18(23-19)24-20-7-12(8-20)9-20/h1-4,12,15H,5-11H2,(H,22,23,24)/t12?,20?,28-/m0/s1. The molecule has 0 spiro atoms. The van der Waals surface area contributed by atoms with E-state index in [4.69, 9.17) is 14.7 Å². The fraction of sp³-hybridized carbons (Fsp3) is 0.500. The van der Waals surface area contributed by atoms with Crippen LogP contribution in [0.1, 0.15) is 25.0 Å². The molecular formula is C20H21FN4O2S. The predicted molar refractivity (Wildman–Crippen MR) is 104 cm³/mol. The van der Waals surface area contributed by atoms with Crippen molar-refractivity contribution in [3.8, 4) is 5.75 Å². The fourth-order valence-corrected chi connectivity index (χ4v) is 5.98. The first kappa shape index (κ1) is 16.7. The Kier molecular flexibility index (Phi) is 3.51. The number of rotatable bonds is 5. The highest BCUT2D eigenvalue weighted by Gasteiger charge is 2.57. The van der Waals surface area contributed by atoms with Gasteiger partial charge in [0.2, 0.25) is 5.95 Å². The molecule has 28 heavy (non-hydrogen) atoms. The molecule has 0 unspecified atom stereocenters. The van der Waals surface area contributed by atoms with Crippen molar-refractivity contribution >= 4 is 22.6 Å². The zero-order valence-corrected chi connectivity index (χ0v) is 16.2. The van der Waals surface area contributed by atoms with Crippen molar-refractivity contribution in [2.45, 2.75) is 42.2 Å². The number of aryl methyl sites for hydroxylation is 1. The lowest BCUT2D eigenvalue weighted by molar-refractivity contribution is 0.00158. The van der Waals surface area contributed by atoms with Crippen LogP contribution in [-0.4, -0.2) is 44.7 Å². The van der Waals surface area contributed by atoms with Gasteiger partial charge in [-0.2, -0.15) is 4.98 Å². The van der Waals surface area contributed by atoms with Gasteiger partial charge in [-0.25, -0.2) is 9.37 Å². The maximum atomic E-state index is 13.0. The van der Waals surface area contributed by atoms with Crippen LogP contribution in [0.3, 0.4) is 0 Å². The normalized spacial score (nSPS) is 30.1. The summed E-state index contributed by atoms with van der Waals surface area (Å²) in [6, 6.07) is 6.09. The van der Waals surface area contributed by atoms with Crippen LogP contribution >= 0.6 is 0 Å². The molecule has 1 aromatic carbocycles. The van der Waals surface area contributed by atoms with Gasteiger partial charge in [0.05, 0.1) is 29.6 Å². The molecule has 1 atom stereocenters. The second-order valence-electron chi connectivity index (χ2n) is 8.43. The van der Waals surface area contributed by atoms with Gasteiger partial charge in [0.1, 0.15) is 28.4 Å². The smallest absolute Gasteiger partial charge is 0.227 e. The molecule has 1 aromatic heterocycles. The number of ether oxygens (including phenoxy) is 1. The van der Waals surface area contributed by atoms with Crippen LogP contribution in [0.4, 0.5) is 16.2 Å². The minimum atomic E-state index is -1.01. The van der Waals surface area contributed by atoms with Crippen LogP contribution < -0.4 is 15.0 Å². The molecule has 0 radical (unpaired) electrons. The number of hydrogen-bond donors (Lipinski definition) is 1. The van der Waals surface area contributed by atoms with Gasteiger partial charge in [-0.3, -0.25) is 4.21 Å². The molecule has 6 nitrogen and oxygen atoms in total. The Bertz CT molecular complexity index is 960. The van der Waals surface area contributed by atoms with Gasteiger partial charge in [0.15, 0.2) is 0 Å². The quantitative estimate of drug-likeness (QED) is 0.832. The maximum absolute atomic E-state index is 13.0. The number of nitrogens with one attached hydrogen (secondary N) is 1. The van der Waals surface area contributed by atoms with Gasteiger partial charge in [0, 0.05) is 17.7 Å². The van der Waals surface area contributed by atoms with E-state index >= 15 is 0 Å². The lowest BCUT2D eigenvalue weighted by Gasteiger charge is -2.62. The molecule has 3 saturated carbocycles. The van der Waals surface area contributed by atoms with Crippen molar-refractivity contribution in [1.82, 2.24) is 9.97 Å². The highest BCUT2D eigenvalue weighted by Crippen LogP contribution is 2.58. The van der Waals surface area contributed by atoms with Gasteiger partial charge in [-0.05, 0) is 49.4 Å². The van der Waals surface area contributed by atoms with E-state index in [2.05, 4.69) is 10.2 Å². The Balaban J connectivity index is 1.19. The van der Waals surface area contributed by atoms with E-state index in [1.807, 2.05) is 0 Å². The SMILES string of the molecule is O=[S@]1CCc2nc(N3CC(Oc4ccc(F)cc4)C3)nc(NC34CC(C3)C4)c21. The third kappa shape index (κ3) is 2.61. The molecule has 5 aliphatic rings. The number of anilines is 2. The highest BCUT2D eigenvalue weighted by molar-refractivity contribution is 7.85. The van der Waals surface area contributed by atoms with Crippen LogP contribution in [0.5, 0.6) is 5.75 Å². The topological polar surface area (TPSA) is 67.4 Å². The number of nitrogens with zero attached hydrogens (tertiary/aromatic N) is 3. The molecule has 3 heterocycles. The van der Waals surface area contributed by atoms with E-state index in [9.17, 15) is 8.60 Å². The first-order valence-electron chi connectivity index (χ1n) is 9.82. The average molecular weight is 400 g/mol. The van der Waals surface area contributed by atoms with Gasteiger partial charge < -0.3 is 15.0 Å². The predicted octanol–water partition coefficient (Wildman–Crippen LogP) is 2.51. The fourth-order valence-electron chi connectivity index (χ4n) is 4.67. The van der Waals surface area contributed by atoms with E-state index < -0.39 is 10.8 Å². The molecule has 7 rings (SSSR count). The maximum Gasteiger partial charge on any atom is 0.227 e. The van der Waals surface area contributed by atoms with Crippen LogP contribution in [0.15, 0.2) is 29.2 Å². The van der Waals surface area contributed by atoms with Gasteiger partial charge >= 0.3 is 0 Å². The van der Waals surface area contributed by atoms with Crippen LogP contribution in [0.2, 0.25) is 0 Å². The minimum Gasteiger partial charge on any atom is -0.487 e. The summed E-state index contributed by atoms with van der Waals surface area (Å²) >= 11 is 0. The van der Waals surface area contributed by atoms with Crippen molar-refractivity contribution in [3.63, 3.8) is 0 Å². The summed E-state index contributed by atoms with van der Waals surface area (Å²) < 4.78 is 31.4. The number of benzene rings is 1. The lowest BCUT2D eigenvalue weighted by atomic mass is 9.50. The lowest BCUT2D eigenvalue weighted by Crippen LogP contribution is -2.63. The zero-order valence-electron chi connectivity index (χ0n) is 15.4. The minimum absolute atomic E-state index is 0.0328. The van der Waals surface area contributed by atoms with Gasteiger partial charge in [0.25, 0.3) is 0 Å². The van der Waals surface area contributed by atoms with Crippen LogP contribution in [0.25, 0.3) is 0 Å². The Morgan fingerprint density at radius 2 is 1.93 bits per heavy atom. The Morgan fingerprint density at radius 3 is 2.61 bits per heavy atom. The second kappa shape index (κ2) is 5.89. The molecule has 2 aromatic rings. The number of halogens is 1. The summed E-state index contributed by atoms with van der Waals surface area (Å²) in [6.07, 6.45) is 4.37. The molecule has 0 amide bonds. The van der Waals surface area contributed by atoms with E-state index in [-0.39, 0.29) is 17.5 Å². The highest BCUT2D eigenvalue weighted by atomic mass is 32.2. The van der Waals surface area contributed by atoms with Crippen molar-refractivity contribution in [2.24, 2.45) is 5.92 Å². The van der Waals surface area contributed by atoms with Crippen molar-refractivity contribution in [1.29, 1.82) is 0 Å². The Labute approximate surface area is 165 Å². The van der Waals surface area contributed by atoms with E-state index in [1.54, 1.807) is 12.1 Å². The molecule has 3 aliphatic carbocycles. The largest absolute Gasteiger partial charge is 0.487 e. The summed E-state index contributed by atoms with van der Waals surface area (Å²) in [6.45, 7) is 1.37. The molecule has 1 saturated heterocycles. The average Bonchev–Trinajstić information content (AvgIpc) is 2.95. The van der Waals surface area contributed by atoms with Crippen molar-refractivity contribution in [3.05, 3.63) is 35.8 Å². The van der Waals surface area contributed by atoms with E-state index in [0.717, 1.165) is 28.7 Å². The molecule has 8 heteroatoms. The molecule has 1 N–H and O–H groups in total. The third-order valence-corrected chi connectivity index (χ3v) is 7.80. The van der Waals surface area contributed by atoms with Crippen molar-refractivity contribution < 1.29 is 13.3 Å². The number of fused-ring (bicyclic) bond motifs is 1. The first-order chi connectivity index (χ1) is 13.6. The Morgan fingerprint density at radius 1 is 1.18 bits per heavy atom. The van der Waals surface area contributed by atoms with Gasteiger partial charge in [-0.1, -0.05) is 0 Å². The van der Waals surface area contributed by atoms with Crippen molar-refractivity contribution in [2.75, 3.05) is 29.1 Å². The summed E-state index contributed by atoms with van der Waals surface area (Å²) in [5.41, 5.74) is 1.10. The molecule has 2 aliphatic heterocycles. The first-order valence-corrected chi connectivity index (χ1v) is 11.1. The molecule has 2 bridgehead atoms. The number of hydrogen-bond acceptors (Lipinski definition) is 6. The van der Waals surface area contributed by atoms with E-state index in [0.29, 0.717) is 30.5 Å². The van der Waals surface area contributed by atoms with Crippen LogP contribution in [-0.2, 0) is 17.2 Å². The monoisotopic (exact) mass is 400 g/mol.